The molecule has 0 aliphatic carbocycles. The third kappa shape index (κ3) is 10.0. The van der Waals surface area contributed by atoms with Crippen molar-refractivity contribution in [3.05, 3.63) is 23.8 Å². The number of hydrogen-bond acceptors (Lipinski definition) is 6. The Bertz CT molecular complexity index is 700. The molecule has 1 aromatic carbocycles. The fourth-order valence-electron chi connectivity index (χ4n) is 4.89. The van der Waals surface area contributed by atoms with Crippen molar-refractivity contribution in [2.24, 2.45) is 29.6 Å². The first-order chi connectivity index (χ1) is 15.3. The largest absolute Gasteiger partial charge is 0.508 e. The molecule has 0 heterocycles. The summed E-state index contributed by atoms with van der Waals surface area (Å²) in [5, 5.41) is 52.0. The minimum Gasteiger partial charge on any atom is -0.508 e. The van der Waals surface area contributed by atoms with Crippen LogP contribution in [0.2, 0.25) is 0 Å². The van der Waals surface area contributed by atoms with Gasteiger partial charge in [-0.05, 0) is 74.5 Å². The fourth-order valence-corrected chi connectivity index (χ4v) is 4.89. The standard InChI is InChI=1S/C27H46O6/c1-7-18(4)26(27(33)21-12-23(30)14-24(31)13-21)25(32)15-22(29)9-8-16(2)10-17(3)11-19(5)20(6)28/h12-14,16-19,22,25-27,29-33H,7-11,15H2,1-6H3/t16-,17+,18?,19-,22-,25-,26-,27+/m1/s1. The van der Waals surface area contributed by atoms with Crippen LogP contribution >= 0.6 is 0 Å². The van der Waals surface area contributed by atoms with Crippen LogP contribution in [0.5, 0.6) is 11.5 Å². The smallest absolute Gasteiger partial charge is 0.132 e. The van der Waals surface area contributed by atoms with Crippen molar-refractivity contribution in [2.45, 2.75) is 98.4 Å². The molecule has 0 aromatic heterocycles. The van der Waals surface area contributed by atoms with E-state index in [1.165, 1.54) is 18.2 Å². The highest BCUT2D eigenvalue weighted by Crippen LogP contribution is 2.37. The van der Waals surface area contributed by atoms with Crippen LogP contribution in [0.4, 0.5) is 0 Å². The van der Waals surface area contributed by atoms with Gasteiger partial charge >= 0.3 is 0 Å². The number of carbonyl (C=O) groups is 1. The number of phenols is 2. The van der Waals surface area contributed by atoms with E-state index in [4.69, 9.17) is 0 Å². The lowest BCUT2D eigenvalue weighted by atomic mass is 9.78. The van der Waals surface area contributed by atoms with Gasteiger partial charge in [0, 0.05) is 17.9 Å². The fraction of sp³-hybridized carbons (Fsp3) is 0.741. The third-order valence-electron chi connectivity index (χ3n) is 7.14. The summed E-state index contributed by atoms with van der Waals surface area (Å²) in [5.74, 6) is 0.251. The van der Waals surface area contributed by atoms with Gasteiger partial charge in [-0.1, -0.05) is 41.0 Å². The van der Waals surface area contributed by atoms with Crippen molar-refractivity contribution in [1.29, 1.82) is 0 Å². The monoisotopic (exact) mass is 466 g/mol. The van der Waals surface area contributed by atoms with Crippen molar-refractivity contribution < 1.29 is 30.3 Å². The van der Waals surface area contributed by atoms with E-state index in [9.17, 15) is 30.3 Å². The van der Waals surface area contributed by atoms with E-state index in [1.807, 2.05) is 20.8 Å². The normalized spacial score (nSPS) is 19.2. The summed E-state index contributed by atoms with van der Waals surface area (Å²) >= 11 is 0. The van der Waals surface area contributed by atoms with Crippen LogP contribution in [0.15, 0.2) is 18.2 Å². The van der Waals surface area contributed by atoms with E-state index in [2.05, 4.69) is 13.8 Å². The Morgan fingerprint density at radius 2 is 1.42 bits per heavy atom. The van der Waals surface area contributed by atoms with Gasteiger partial charge in [0.15, 0.2) is 0 Å². The molecule has 0 saturated heterocycles. The number of aliphatic hydroxyl groups excluding tert-OH is 3. The molecule has 0 aliphatic rings. The van der Waals surface area contributed by atoms with Gasteiger partial charge in [0.1, 0.15) is 17.3 Å². The number of carbonyl (C=O) groups excluding carboxylic acids is 1. The maximum Gasteiger partial charge on any atom is 0.132 e. The molecular formula is C27H46O6. The van der Waals surface area contributed by atoms with E-state index >= 15 is 0 Å². The molecule has 1 aromatic rings. The van der Waals surface area contributed by atoms with Crippen LogP contribution < -0.4 is 0 Å². The van der Waals surface area contributed by atoms with E-state index in [1.54, 1.807) is 6.92 Å². The predicted molar refractivity (Wildman–Crippen MR) is 131 cm³/mol. The number of aliphatic hydroxyl groups is 3. The van der Waals surface area contributed by atoms with Gasteiger partial charge in [0.2, 0.25) is 0 Å². The minimum absolute atomic E-state index is 0.0327. The quantitative estimate of drug-likeness (QED) is 0.249. The van der Waals surface area contributed by atoms with Gasteiger partial charge in [-0.25, -0.2) is 0 Å². The van der Waals surface area contributed by atoms with Crippen molar-refractivity contribution in [2.75, 3.05) is 0 Å². The van der Waals surface area contributed by atoms with Gasteiger partial charge in [0.25, 0.3) is 0 Å². The topological polar surface area (TPSA) is 118 Å². The zero-order valence-corrected chi connectivity index (χ0v) is 21.2. The number of hydrogen-bond donors (Lipinski definition) is 5. The Labute approximate surface area is 199 Å². The zero-order valence-electron chi connectivity index (χ0n) is 21.2. The summed E-state index contributed by atoms with van der Waals surface area (Å²) in [4.78, 5) is 11.5. The van der Waals surface area contributed by atoms with Crippen LogP contribution in [0, 0.1) is 29.6 Å². The van der Waals surface area contributed by atoms with Crippen LogP contribution in [0.3, 0.4) is 0 Å². The second-order valence-electron chi connectivity index (χ2n) is 10.4. The Hall–Kier alpha value is -1.63. The predicted octanol–water partition coefficient (Wildman–Crippen LogP) is 4.96. The lowest BCUT2D eigenvalue weighted by Gasteiger charge is -2.33. The molecule has 0 aliphatic heterocycles. The van der Waals surface area contributed by atoms with E-state index in [0.717, 1.165) is 25.7 Å². The van der Waals surface area contributed by atoms with E-state index < -0.39 is 24.2 Å². The molecule has 1 rings (SSSR count). The Morgan fingerprint density at radius 1 is 0.848 bits per heavy atom. The summed E-state index contributed by atoms with van der Waals surface area (Å²) in [7, 11) is 0. The maximum absolute atomic E-state index is 11.5. The van der Waals surface area contributed by atoms with Crippen LogP contribution in [0.25, 0.3) is 0 Å². The molecule has 0 saturated carbocycles. The number of ketones is 1. The second-order valence-corrected chi connectivity index (χ2v) is 10.4. The molecule has 0 bridgehead atoms. The second kappa shape index (κ2) is 13.9. The number of benzene rings is 1. The Balaban J connectivity index is 2.68. The lowest BCUT2D eigenvalue weighted by Crippen LogP contribution is -2.34. The van der Waals surface area contributed by atoms with Crippen LogP contribution in [0.1, 0.15) is 91.7 Å². The molecule has 6 nitrogen and oxygen atoms in total. The van der Waals surface area contributed by atoms with Gasteiger partial charge in [0.05, 0.1) is 18.3 Å². The third-order valence-corrected chi connectivity index (χ3v) is 7.14. The van der Waals surface area contributed by atoms with Gasteiger partial charge in [-0.15, -0.1) is 0 Å². The lowest BCUT2D eigenvalue weighted by molar-refractivity contribution is -0.120. The zero-order chi connectivity index (χ0) is 25.3. The van der Waals surface area contributed by atoms with E-state index in [-0.39, 0.29) is 35.5 Å². The average molecular weight is 467 g/mol. The molecule has 0 spiro atoms. The molecule has 0 radical (unpaired) electrons. The van der Waals surface area contributed by atoms with Gasteiger partial charge in [-0.3, -0.25) is 4.79 Å². The summed E-state index contributed by atoms with van der Waals surface area (Å²) in [6.07, 6.45) is 1.43. The highest BCUT2D eigenvalue weighted by atomic mass is 16.3. The molecular weight excluding hydrogens is 420 g/mol. The van der Waals surface area contributed by atoms with Crippen molar-refractivity contribution >= 4 is 5.78 Å². The summed E-state index contributed by atoms with van der Waals surface area (Å²) in [6, 6.07) is 3.97. The molecule has 8 atom stereocenters. The van der Waals surface area contributed by atoms with Crippen LogP contribution in [-0.4, -0.2) is 43.5 Å². The van der Waals surface area contributed by atoms with Gasteiger partial charge < -0.3 is 25.5 Å². The Kier molecular flexibility index (Phi) is 12.4. The molecule has 33 heavy (non-hydrogen) atoms. The summed E-state index contributed by atoms with van der Waals surface area (Å²) < 4.78 is 0. The first-order valence-corrected chi connectivity index (χ1v) is 12.4. The average Bonchev–Trinajstić information content (AvgIpc) is 2.71. The molecule has 1 unspecified atom stereocenters. The maximum atomic E-state index is 11.5. The number of phenolic OH excluding ortho intramolecular Hbond substituents is 2. The SMILES string of the molecule is CCC(C)[C@H]([C@H](O)C[C@H](O)CC[C@@H](C)C[C@H](C)C[C@@H](C)C(C)=O)[C@@H](O)c1cc(O)cc(O)c1. The molecule has 6 heteroatoms. The van der Waals surface area contributed by atoms with Gasteiger partial charge in [-0.2, -0.15) is 0 Å². The Morgan fingerprint density at radius 3 is 1.94 bits per heavy atom. The molecule has 0 amide bonds. The van der Waals surface area contributed by atoms with E-state index in [0.29, 0.717) is 23.8 Å². The summed E-state index contributed by atoms with van der Waals surface area (Å²) in [6.45, 7) is 11.8. The van der Waals surface area contributed by atoms with Crippen molar-refractivity contribution in [1.82, 2.24) is 0 Å². The number of aromatic hydroxyl groups is 2. The molecule has 5 N–H and O–H groups in total. The number of Topliss-reactive ketones (excluding diaryl/α,β-unsaturated/α-hetero) is 1. The van der Waals surface area contributed by atoms with Crippen LogP contribution in [-0.2, 0) is 4.79 Å². The van der Waals surface area contributed by atoms with Crippen molar-refractivity contribution in [3.8, 4) is 11.5 Å². The highest BCUT2D eigenvalue weighted by molar-refractivity contribution is 5.77. The molecule has 0 fully saturated rings. The molecule has 190 valence electrons. The highest BCUT2D eigenvalue weighted by Gasteiger charge is 2.33. The minimum atomic E-state index is -1.08. The number of rotatable bonds is 15. The summed E-state index contributed by atoms with van der Waals surface area (Å²) in [5.41, 5.74) is 0.341. The first kappa shape index (κ1) is 29.4. The first-order valence-electron chi connectivity index (χ1n) is 12.4. The van der Waals surface area contributed by atoms with Crippen molar-refractivity contribution in [3.63, 3.8) is 0 Å².